The molecule has 1 aliphatic heterocycles. The number of carbonyl (C=O) groups excluding carboxylic acids is 4. The van der Waals surface area contributed by atoms with E-state index in [9.17, 15) is 24.3 Å². The van der Waals surface area contributed by atoms with Crippen LogP contribution in [0.2, 0.25) is 0 Å². The second kappa shape index (κ2) is 30.6. The van der Waals surface area contributed by atoms with E-state index in [-0.39, 0.29) is 66.9 Å². The Bertz CT molecular complexity index is 1100. The van der Waals surface area contributed by atoms with E-state index in [0.717, 1.165) is 37.4 Å². The van der Waals surface area contributed by atoms with Crippen molar-refractivity contribution in [1.82, 2.24) is 25.8 Å². The highest BCUT2D eigenvalue weighted by Crippen LogP contribution is 2.28. The van der Waals surface area contributed by atoms with E-state index in [1.54, 1.807) is 40.3 Å². The second-order valence-electron chi connectivity index (χ2n) is 14.2. The standard InChI is InChI=1S/C22H41N3O5.C10H15NO.C6H13NO.C3H8/c1-8-15(2)21(24(5)20(28)13-23-4)18(29-6)12-19(27)25-11-9-10-17(25)22(30-7)16(3)14-26;1-8(11-2)10(12)9-6-4-3-5-7-9;1-5(2)6(4-8)7-3;1-3-2/h14-18,21-23H,8-13H2,1-7H3;3-8,10-12H,1-2H3;4-7H,1-3H3;3H2,1-2H3. The molecule has 2 amide bonds. The van der Waals surface area contributed by atoms with Crippen LogP contribution >= 0.6 is 0 Å². The van der Waals surface area contributed by atoms with Crippen LogP contribution in [0.1, 0.15) is 99.2 Å². The third kappa shape index (κ3) is 18.9. The van der Waals surface area contributed by atoms with Gasteiger partial charge in [-0.1, -0.05) is 91.6 Å². The van der Waals surface area contributed by atoms with E-state index < -0.39 is 12.2 Å². The number of hydrogen-bond donors (Lipinski definition) is 4. The van der Waals surface area contributed by atoms with Crippen molar-refractivity contribution in [3.05, 3.63) is 35.9 Å². The Kier molecular flexibility index (Phi) is 30.2. The fraction of sp³-hybridized carbons (Fsp3) is 0.756. The number of likely N-dealkylation sites (N-methyl/N-ethyl adjacent to an activating group) is 4. The summed E-state index contributed by atoms with van der Waals surface area (Å²) in [6, 6.07) is 9.45. The van der Waals surface area contributed by atoms with Crippen LogP contribution in [0.15, 0.2) is 30.3 Å². The first-order valence-corrected chi connectivity index (χ1v) is 19.4. The summed E-state index contributed by atoms with van der Waals surface area (Å²) in [4.78, 5) is 50.8. The molecular weight excluding hydrogens is 674 g/mol. The molecule has 0 aromatic heterocycles. The lowest BCUT2D eigenvalue weighted by Crippen LogP contribution is -2.53. The smallest absolute Gasteiger partial charge is 0.236 e. The van der Waals surface area contributed by atoms with Gasteiger partial charge >= 0.3 is 0 Å². The van der Waals surface area contributed by atoms with Gasteiger partial charge in [-0.25, -0.2) is 0 Å². The minimum atomic E-state index is -0.420. The molecule has 4 N–H and O–H groups in total. The molecule has 1 heterocycles. The zero-order valence-electron chi connectivity index (χ0n) is 35.6. The van der Waals surface area contributed by atoms with E-state index in [2.05, 4.69) is 43.6 Å². The lowest BCUT2D eigenvalue weighted by molar-refractivity contribution is -0.144. The maximum Gasteiger partial charge on any atom is 0.236 e. The van der Waals surface area contributed by atoms with Crippen LogP contribution in [0.4, 0.5) is 0 Å². The topological polar surface area (TPSA) is 150 Å². The summed E-state index contributed by atoms with van der Waals surface area (Å²) in [5.41, 5.74) is 0.958. The summed E-state index contributed by atoms with van der Waals surface area (Å²) >= 11 is 0. The third-order valence-electron chi connectivity index (χ3n) is 9.73. The number of hydrogen-bond acceptors (Lipinski definition) is 10. The molecule has 0 spiro atoms. The molecule has 12 nitrogen and oxygen atoms in total. The van der Waals surface area contributed by atoms with Crippen molar-refractivity contribution in [2.45, 2.75) is 130 Å². The molecule has 1 saturated heterocycles. The van der Waals surface area contributed by atoms with E-state index in [4.69, 9.17) is 9.47 Å². The number of nitrogens with zero attached hydrogens (tertiary/aromatic N) is 2. The van der Waals surface area contributed by atoms with Gasteiger partial charge in [-0.2, -0.15) is 0 Å². The van der Waals surface area contributed by atoms with Gasteiger partial charge in [0, 0.05) is 39.8 Å². The molecule has 1 fully saturated rings. The van der Waals surface area contributed by atoms with Gasteiger partial charge in [0.25, 0.3) is 0 Å². The summed E-state index contributed by atoms with van der Waals surface area (Å²) in [7, 11) is 10.3. The second-order valence-corrected chi connectivity index (χ2v) is 14.2. The number of nitrogens with one attached hydrogen (secondary N) is 3. The van der Waals surface area contributed by atoms with Crippen molar-refractivity contribution in [3.63, 3.8) is 0 Å². The number of amides is 2. The Morgan fingerprint density at radius 1 is 0.962 bits per heavy atom. The highest BCUT2D eigenvalue weighted by molar-refractivity contribution is 5.79. The molecule has 0 aliphatic carbocycles. The molecule has 12 heteroatoms. The summed E-state index contributed by atoms with van der Waals surface area (Å²) in [6.07, 6.45) is 4.67. The van der Waals surface area contributed by atoms with E-state index in [1.807, 2.05) is 70.0 Å². The number of methoxy groups -OCH3 is 2. The van der Waals surface area contributed by atoms with Crippen LogP contribution in [-0.2, 0) is 28.7 Å². The summed E-state index contributed by atoms with van der Waals surface area (Å²) in [5, 5.41) is 18.5. The fourth-order valence-corrected chi connectivity index (χ4v) is 6.21. The minimum absolute atomic E-state index is 0.0210. The Morgan fingerprint density at radius 2 is 1.55 bits per heavy atom. The number of ether oxygens (including phenoxy) is 2. The molecule has 1 aliphatic rings. The van der Waals surface area contributed by atoms with Gasteiger partial charge < -0.3 is 49.9 Å². The number of aldehydes is 2. The predicted molar refractivity (Wildman–Crippen MR) is 216 cm³/mol. The Labute approximate surface area is 322 Å². The monoisotopic (exact) mass is 752 g/mol. The zero-order chi connectivity index (χ0) is 41.1. The molecule has 53 heavy (non-hydrogen) atoms. The van der Waals surface area contributed by atoms with Crippen molar-refractivity contribution in [1.29, 1.82) is 0 Å². The van der Waals surface area contributed by atoms with Crippen LogP contribution in [0, 0.1) is 17.8 Å². The molecule has 308 valence electrons. The molecule has 0 saturated carbocycles. The van der Waals surface area contributed by atoms with Crippen molar-refractivity contribution >= 4 is 24.4 Å². The average molecular weight is 752 g/mol. The first-order chi connectivity index (χ1) is 25.1. The van der Waals surface area contributed by atoms with Crippen LogP contribution in [0.3, 0.4) is 0 Å². The molecule has 1 aromatic rings. The predicted octanol–water partition coefficient (Wildman–Crippen LogP) is 4.50. The summed E-state index contributed by atoms with van der Waals surface area (Å²) < 4.78 is 11.3. The number of rotatable bonds is 19. The maximum atomic E-state index is 13.3. The SMILES string of the molecule is CCC.CCC(C)C(C(CC(=O)N1CCCC1C(OC)C(C)C=O)OC)N(C)C(=O)CNC.CNC(C)C(O)c1ccccc1.CNC(C=O)C(C)C. The first-order valence-electron chi connectivity index (χ1n) is 19.4. The lowest BCUT2D eigenvalue weighted by Gasteiger charge is -2.39. The number of carbonyl (C=O) groups is 4. The van der Waals surface area contributed by atoms with Gasteiger partial charge in [-0.15, -0.1) is 0 Å². The molecule has 0 radical (unpaired) electrons. The molecular formula is C41H77N5O7. The first kappa shape index (κ1) is 52.4. The number of benzene rings is 1. The molecule has 0 bridgehead atoms. The summed E-state index contributed by atoms with van der Waals surface area (Å²) in [5.74, 6) is 0.231. The van der Waals surface area contributed by atoms with E-state index in [1.165, 1.54) is 6.42 Å². The highest BCUT2D eigenvalue weighted by Gasteiger charge is 2.40. The molecule has 9 atom stereocenters. The number of aliphatic hydroxyl groups is 1. The highest BCUT2D eigenvalue weighted by atomic mass is 16.5. The van der Waals surface area contributed by atoms with Gasteiger partial charge in [0.2, 0.25) is 11.8 Å². The van der Waals surface area contributed by atoms with Crippen LogP contribution in [0.25, 0.3) is 0 Å². The Balaban J connectivity index is 0. The summed E-state index contributed by atoms with van der Waals surface area (Å²) in [6.45, 7) is 17.1. The van der Waals surface area contributed by atoms with Crippen LogP contribution in [-0.4, -0.2) is 131 Å². The van der Waals surface area contributed by atoms with Gasteiger partial charge in [-0.05, 0) is 58.3 Å². The van der Waals surface area contributed by atoms with E-state index in [0.29, 0.717) is 12.5 Å². The van der Waals surface area contributed by atoms with Crippen molar-refractivity contribution in [3.8, 4) is 0 Å². The van der Waals surface area contributed by atoms with Crippen LogP contribution in [0.5, 0.6) is 0 Å². The van der Waals surface area contributed by atoms with Gasteiger partial charge in [0.05, 0.1) is 49.4 Å². The number of aliphatic hydroxyl groups excluding tert-OH is 1. The van der Waals surface area contributed by atoms with Gasteiger partial charge in [0.1, 0.15) is 12.6 Å². The zero-order valence-corrected chi connectivity index (χ0v) is 35.6. The molecule has 2 rings (SSSR count). The van der Waals surface area contributed by atoms with E-state index >= 15 is 0 Å². The number of likely N-dealkylation sites (tertiary alicyclic amines) is 1. The Hall–Kier alpha value is -2.74. The quantitative estimate of drug-likeness (QED) is 0.149. The lowest BCUT2D eigenvalue weighted by atomic mass is 9.90. The normalized spacial score (nSPS) is 18.2. The van der Waals surface area contributed by atoms with Gasteiger partial charge in [0.15, 0.2) is 0 Å². The minimum Gasteiger partial charge on any atom is -0.387 e. The Morgan fingerprint density at radius 3 is 1.94 bits per heavy atom. The third-order valence-corrected chi connectivity index (χ3v) is 9.73. The van der Waals surface area contributed by atoms with Crippen LogP contribution < -0.4 is 16.0 Å². The molecule has 1 aromatic carbocycles. The van der Waals surface area contributed by atoms with Crippen molar-refractivity contribution in [2.24, 2.45) is 17.8 Å². The van der Waals surface area contributed by atoms with Crippen molar-refractivity contribution in [2.75, 3.05) is 55.5 Å². The maximum absolute atomic E-state index is 13.3. The molecule has 9 unspecified atom stereocenters. The van der Waals surface area contributed by atoms with Crippen molar-refractivity contribution < 1.29 is 33.8 Å². The fourth-order valence-electron chi connectivity index (χ4n) is 6.21. The largest absolute Gasteiger partial charge is 0.387 e. The average Bonchev–Trinajstić information content (AvgIpc) is 3.65. The van der Waals surface area contributed by atoms with Gasteiger partial charge in [-0.3, -0.25) is 9.59 Å².